The number of nitrogens with one attached hydrogen (secondary N) is 1. The van der Waals surface area contributed by atoms with Gasteiger partial charge in [-0.1, -0.05) is 62.4 Å². The lowest BCUT2D eigenvalue weighted by Gasteiger charge is -2.25. The predicted octanol–water partition coefficient (Wildman–Crippen LogP) is 3.24. The van der Waals surface area contributed by atoms with E-state index in [0.717, 1.165) is 24.1 Å². The van der Waals surface area contributed by atoms with Crippen LogP contribution in [0, 0.1) is 0 Å². The van der Waals surface area contributed by atoms with Crippen molar-refractivity contribution in [3.8, 4) is 0 Å². The number of hydrogen-bond donors (Lipinski definition) is 1. The van der Waals surface area contributed by atoms with Gasteiger partial charge in [0.2, 0.25) is 11.8 Å². The molecule has 0 saturated heterocycles. The number of amides is 2. The lowest BCUT2D eigenvalue weighted by atomic mass is 9.97. The standard InChI is InChI=1S/C20H27N3O2/c24-19(21-17-11-7-2-1-3-8-12-17)15-23-20(25)14-13-18(22-23)16-9-5-4-6-10-16/h4-6,9-10,17H,1-3,7-8,11-15H2,(H,21,24). The molecule has 1 aliphatic carbocycles. The Morgan fingerprint density at radius 1 is 1.04 bits per heavy atom. The van der Waals surface area contributed by atoms with E-state index in [9.17, 15) is 9.59 Å². The van der Waals surface area contributed by atoms with Crippen molar-refractivity contribution in [2.24, 2.45) is 5.10 Å². The first-order chi connectivity index (χ1) is 12.2. The van der Waals surface area contributed by atoms with Crippen LogP contribution in [0.15, 0.2) is 35.4 Å². The molecule has 1 fully saturated rings. The van der Waals surface area contributed by atoms with Crippen molar-refractivity contribution in [1.29, 1.82) is 0 Å². The number of benzene rings is 1. The first-order valence-electron chi connectivity index (χ1n) is 9.45. The van der Waals surface area contributed by atoms with Gasteiger partial charge in [0.1, 0.15) is 6.54 Å². The highest BCUT2D eigenvalue weighted by atomic mass is 16.2. The molecule has 1 aromatic carbocycles. The molecule has 5 heteroatoms. The van der Waals surface area contributed by atoms with E-state index >= 15 is 0 Å². The SMILES string of the molecule is O=C(CN1N=C(c2ccccc2)CCC1=O)NC1CCCCCCC1. The van der Waals surface area contributed by atoms with E-state index < -0.39 is 0 Å². The number of hydrogen-bond acceptors (Lipinski definition) is 3. The molecule has 2 aliphatic rings. The maximum atomic E-state index is 12.4. The number of carbonyl (C=O) groups is 2. The predicted molar refractivity (Wildman–Crippen MR) is 98.2 cm³/mol. The van der Waals surface area contributed by atoms with Gasteiger partial charge in [-0.25, -0.2) is 5.01 Å². The van der Waals surface area contributed by atoms with E-state index in [4.69, 9.17) is 0 Å². The molecule has 1 aromatic rings. The van der Waals surface area contributed by atoms with E-state index in [2.05, 4.69) is 10.4 Å². The molecule has 0 unspecified atom stereocenters. The monoisotopic (exact) mass is 341 g/mol. The summed E-state index contributed by atoms with van der Waals surface area (Å²) in [6.45, 7) is 0.0195. The summed E-state index contributed by atoms with van der Waals surface area (Å²) < 4.78 is 0. The fourth-order valence-corrected chi connectivity index (χ4v) is 3.57. The number of nitrogens with zero attached hydrogens (tertiary/aromatic N) is 2. The highest BCUT2D eigenvalue weighted by Crippen LogP contribution is 2.18. The van der Waals surface area contributed by atoms with Crippen LogP contribution < -0.4 is 5.32 Å². The van der Waals surface area contributed by atoms with Gasteiger partial charge in [0, 0.05) is 18.9 Å². The molecule has 2 amide bonds. The molecule has 1 aliphatic heterocycles. The minimum Gasteiger partial charge on any atom is -0.352 e. The third kappa shape index (κ3) is 5.15. The molecule has 0 aromatic heterocycles. The van der Waals surface area contributed by atoms with Crippen LogP contribution in [0.4, 0.5) is 0 Å². The van der Waals surface area contributed by atoms with Gasteiger partial charge in [-0.3, -0.25) is 9.59 Å². The fraction of sp³-hybridized carbons (Fsp3) is 0.550. The molecular weight excluding hydrogens is 314 g/mol. The summed E-state index contributed by atoms with van der Waals surface area (Å²) in [5.41, 5.74) is 1.89. The van der Waals surface area contributed by atoms with Gasteiger partial charge in [0.15, 0.2) is 0 Å². The Morgan fingerprint density at radius 3 is 2.44 bits per heavy atom. The quantitative estimate of drug-likeness (QED) is 0.914. The summed E-state index contributed by atoms with van der Waals surface area (Å²) in [5, 5.41) is 8.88. The smallest absolute Gasteiger partial charge is 0.243 e. The second-order valence-corrected chi connectivity index (χ2v) is 6.97. The molecule has 134 valence electrons. The first kappa shape index (κ1) is 17.6. The highest BCUT2D eigenvalue weighted by Gasteiger charge is 2.24. The third-order valence-electron chi connectivity index (χ3n) is 4.98. The summed E-state index contributed by atoms with van der Waals surface area (Å²) in [6.07, 6.45) is 9.27. The lowest BCUT2D eigenvalue weighted by molar-refractivity contribution is -0.136. The third-order valence-corrected chi connectivity index (χ3v) is 4.98. The van der Waals surface area contributed by atoms with Crippen LogP contribution in [0.1, 0.15) is 63.4 Å². The number of carbonyl (C=O) groups excluding carboxylic acids is 2. The van der Waals surface area contributed by atoms with Crippen molar-refractivity contribution < 1.29 is 9.59 Å². The number of rotatable bonds is 4. The molecule has 0 radical (unpaired) electrons. The summed E-state index contributed by atoms with van der Waals surface area (Å²) in [4.78, 5) is 24.5. The van der Waals surface area contributed by atoms with Crippen LogP contribution in [-0.2, 0) is 9.59 Å². The Balaban J connectivity index is 1.59. The van der Waals surface area contributed by atoms with Gasteiger partial charge < -0.3 is 5.32 Å². The van der Waals surface area contributed by atoms with Crippen molar-refractivity contribution in [3.05, 3.63) is 35.9 Å². The van der Waals surface area contributed by atoms with Crippen LogP contribution >= 0.6 is 0 Å². The molecule has 0 atom stereocenters. The van der Waals surface area contributed by atoms with Crippen LogP contribution in [0.25, 0.3) is 0 Å². The van der Waals surface area contributed by atoms with Gasteiger partial charge in [-0.15, -0.1) is 0 Å². The Bertz CT molecular complexity index is 619. The number of hydrazone groups is 1. The summed E-state index contributed by atoms with van der Waals surface area (Å²) >= 11 is 0. The van der Waals surface area contributed by atoms with Crippen LogP contribution in [0.5, 0.6) is 0 Å². The summed E-state index contributed by atoms with van der Waals surface area (Å²) in [7, 11) is 0. The largest absolute Gasteiger partial charge is 0.352 e. The molecule has 1 N–H and O–H groups in total. The lowest BCUT2D eigenvalue weighted by Crippen LogP contribution is -2.44. The zero-order valence-corrected chi connectivity index (χ0v) is 14.7. The van der Waals surface area contributed by atoms with Gasteiger partial charge in [0.25, 0.3) is 0 Å². The molecular formula is C20H27N3O2. The van der Waals surface area contributed by atoms with Gasteiger partial charge in [-0.05, 0) is 18.4 Å². The molecule has 25 heavy (non-hydrogen) atoms. The summed E-state index contributed by atoms with van der Waals surface area (Å²) in [5.74, 6) is -0.176. The second-order valence-electron chi connectivity index (χ2n) is 6.97. The van der Waals surface area contributed by atoms with E-state index in [-0.39, 0.29) is 24.4 Å². The van der Waals surface area contributed by atoms with Crippen LogP contribution in [-0.4, -0.2) is 35.1 Å². The molecule has 3 rings (SSSR count). The van der Waals surface area contributed by atoms with Crippen molar-refractivity contribution in [3.63, 3.8) is 0 Å². The zero-order valence-electron chi connectivity index (χ0n) is 14.7. The molecule has 5 nitrogen and oxygen atoms in total. The fourth-order valence-electron chi connectivity index (χ4n) is 3.57. The maximum absolute atomic E-state index is 12.4. The van der Waals surface area contributed by atoms with E-state index in [1.165, 1.54) is 37.1 Å². The average molecular weight is 341 g/mol. The van der Waals surface area contributed by atoms with Crippen LogP contribution in [0.2, 0.25) is 0 Å². The minimum atomic E-state index is -0.100. The Morgan fingerprint density at radius 2 is 1.72 bits per heavy atom. The molecule has 0 bridgehead atoms. The van der Waals surface area contributed by atoms with Crippen molar-refractivity contribution >= 4 is 17.5 Å². The maximum Gasteiger partial charge on any atom is 0.243 e. The van der Waals surface area contributed by atoms with Gasteiger partial charge in [-0.2, -0.15) is 5.10 Å². The minimum absolute atomic E-state index is 0.0195. The van der Waals surface area contributed by atoms with E-state index in [1.54, 1.807) is 0 Å². The van der Waals surface area contributed by atoms with Crippen molar-refractivity contribution in [1.82, 2.24) is 10.3 Å². The second kappa shape index (κ2) is 8.79. The highest BCUT2D eigenvalue weighted by molar-refractivity contribution is 6.04. The Kier molecular flexibility index (Phi) is 6.20. The topological polar surface area (TPSA) is 61.8 Å². The average Bonchev–Trinajstić information content (AvgIpc) is 2.60. The normalized spacial score (nSPS) is 19.8. The zero-order chi connectivity index (χ0) is 17.5. The Hall–Kier alpha value is -2.17. The first-order valence-corrected chi connectivity index (χ1v) is 9.45. The van der Waals surface area contributed by atoms with Crippen LogP contribution in [0.3, 0.4) is 0 Å². The van der Waals surface area contributed by atoms with E-state index in [0.29, 0.717) is 12.8 Å². The van der Waals surface area contributed by atoms with Gasteiger partial charge >= 0.3 is 0 Å². The van der Waals surface area contributed by atoms with Gasteiger partial charge in [0.05, 0.1) is 5.71 Å². The van der Waals surface area contributed by atoms with Crippen molar-refractivity contribution in [2.75, 3.05) is 6.54 Å². The Labute approximate surface area is 149 Å². The molecule has 0 spiro atoms. The van der Waals surface area contributed by atoms with Crippen molar-refractivity contribution in [2.45, 2.75) is 63.8 Å². The summed E-state index contributed by atoms with van der Waals surface area (Å²) in [6, 6.07) is 10.1. The van der Waals surface area contributed by atoms with E-state index in [1.807, 2.05) is 30.3 Å². The molecule has 1 saturated carbocycles. The molecule has 1 heterocycles.